The van der Waals surface area contributed by atoms with E-state index in [1.807, 2.05) is 53.9 Å². The smallest absolute Gasteiger partial charge is 0.325 e. The molecule has 0 fully saturated rings. The van der Waals surface area contributed by atoms with Gasteiger partial charge < -0.3 is 21.3 Å². The van der Waals surface area contributed by atoms with Crippen LogP contribution in [0.1, 0.15) is 11.9 Å². The minimum Gasteiger partial charge on any atom is -0.480 e. The molecule has 30 heavy (non-hydrogen) atoms. The van der Waals surface area contributed by atoms with Crippen molar-refractivity contribution in [3.8, 4) is 0 Å². The Morgan fingerprint density at radius 3 is 2.40 bits per heavy atom. The van der Waals surface area contributed by atoms with E-state index in [1.54, 1.807) is 18.3 Å². The monoisotopic (exact) mass is 443 g/mol. The molecular weight excluding hydrogens is 422 g/mol. The lowest BCUT2D eigenvalue weighted by Crippen LogP contribution is -2.32. The number of carboxylic acid groups (broad SMARTS) is 2. The molecule has 0 aliphatic carbocycles. The van der Waals surface area contributed by atoms with Crippen LogP contribution in [-0.2, 0) is 16.0 Å². The molecule has 0 aliphatic rings. The van der Waals surface area contributed by atoms with Crippen LogP contribution >= 0.6 is 22.7 Å². The lowest BCUT2D eigenvalue weighted by Gasteiger charge is -2.09. The van der Waals surface area contributed by atoms with Gasteiger partial charge in [0, 0.05) is 21.9 Å². The number of fused-ring (bicyclic) bond motifs is 2. The molecule has 0 radical (unpaired) electrons. The average molecular weight is 444 g/mol. The second-order valence-corrected chi connectivity index (χ2v) is 8.60. The van der Waals surface area contributed by atoms with E-state index in [9.17, 15) is 9.59 Å². The summed E-state index contributed by atoms with van der Waals surface area (Å²) in [6.07, 6.45) is 0.286. The molecule has 2 aromatic carbocycles. The van der Waals surface area contributed by atoms with E-state index in [0.717, 1.165) is 31.0 Å². The first-order valence-corrected chi connectivity index (χ1v) is 10.8. The number of thiophene rings is 1. The van der Waals surface area contributed by atoms with Crippen LogP contribution in [0.15, 0.2) is 53.9 Å². The Morgan fingerprint density at radius 2 is 1.73 bits per heavy atom. The zero-order valence-corrected chi connectivity index (χ0v) is 17.7. The van der Waals surface area contributed by atoms with E-state index in [0.29, 0.717) is 0 Å². The van der Waals surface area contributed by atoms with Gasteiger partial charge in [-0.1, -0.05) is 30.3 Å². The third kappa shape index (κ3) is 5.32. The van der Waals surface area contributed by atoms with Gasteiger partial charge in [-0.3, -0.25) is 9.59 Å². The Hall–Kier alpha value is -3.01. The maximum atomic E-state index is 10.7. The third-order valence-electron chi connectivity index (χ3n) is 4.27. The summed E-state index contributed by atoms with van der Waals surface area (Å²) < 4.78 is 2.22. The molecule has 2 heterocycles. The summed E-state index contributed by atoms with van der Waals surface area (Å²) in [6.45, 7) is 1.63. The summed E-state index contributed by atoms with van der Waals surface area (Å²) in [6, 6.07) is 14.2. The molecule has 0 amide bonds. The molecule has 0 spiro atoms. The molecule has 156 valence electrons. The van der Waals surface area contributed by atoms with E-state index in [4.69, 9.17) is 15.9 Å². The fraction of sp³-hybridized carbons (Fsp3) is 0.190. The lowest BCUT2D eigenvalue weighted by atomic mass is 10.2. The van der Waals surface area contributed by atoms with Gasteiger partial charge in [0.2, 0.25) is 0 Å². The van der Waals surface area contributed by atoms with E-state index < -0.39 is 24.0 Å². The first-order chi connectivity index (χ1) is 14.3. The predicted molar refractivity (Wildman–Crippen MR) is 121 cm³/mol. The van der Waals surface area contributed by atoms with Crippen LogP contribution < -0.4 is 11.1 Å². The Kier molecular flexibility index (Phi) is 6.99. The molecule has 0 saturated carbocycles. The number of rotatable bonds is 6. The highest BCUT2D eigenvalue weighted by Crippen LogP contribution is 2.30. The normalized spacial score (nSPS) is 12.7. The number of hydrogen-bond donors (Lipinski definition) is 4. The van der Waals surface area contributed by atoms with Crippen LogP contribution in [0.3, 0.4) is 0 Å². The van der Waals surface area contributed by atoms with Gasteiger partial charge in [-0.05, 0) is 25.1 Å². The summed E-state index contributed by atoms with van der Waals surface area (Å²) in [5.74, 6) is -1.83. The zero-order chi connectivity index (χ0) is 21.7. The van der Waals surface area contributed by atoms with Gasteiger partial charge in [-0.25, -0.2) is 4.98 Å². The van der Waals surface area contributed by atoms with Crippen LogP contribution in [0.5, 0.6) is 0 Å². The van der Waals surface area contributed by atoms with E-state index in [1.165, 1.54) is 11.3 Å². The van der Waals surface area contributed by atoms with Crippen molar-refractivity contribution in [3.05, 3.63) is 58.9 Å². The summed E-state index contributed by atoms with van der Waals surface area (Å²) >= 11 is 3.10. The fourth-order valence-corrected chi connectivity index (χ4v) is 4.59. The Balaban J connectivity index is 0.000000171. The van der Waals surface area contributed by atoms with Gasteiger partial charge >= 0.3 is 11.9 Å². The van der Waals surface area contributed by atoms with Crippen molar-refractivity contribution in [2.24, 2.45) is 5.73 Å². The Morgan fingerprint density at radius 1 is 1.07 bits per heavy atom. The van der Waals surface area contributed by atoms with Crippen LogP contribution in [-0.4, -0.2) is 39.2 Å². The number of anilines is 1. The number of carbonyl (C=O) groups is 2. The van der Waals surface area contributed by atoms with Gasteiger partial charge in [0.15, 0.2) is 0 Å². The van der Waals surface area contributed by atoms with Crippen molar-refractivity contribution in [1.82, 2.24) is 4.98 Å². The minimum absolute atomic E-state index is 0.286. The maximum Gasteiger partial charge on any atom is 0.325 e. The molecule has 9 heteroatoms. The molecule has 2 aromatic heterocycles. The number of para-hydroxylation sites is 1. The second kappa shape index (κ2) is 9.66. The van der Waals surface area contributed by atoms with E-state index in [-0.39, 0.29) is 6.42 Å². The summed E-state index contributed by atoms with van der Waals surface area (Å²) in [5.41, 5.74) is 7.23. The van der Waals surface area contributed by atoms with Gasteiger partial charge in [-0.2, -0.15) is 0 Å². The molecule has 2 atom stereocenters. The molecule has 0 bridgehead atoms. The number of nitrogens with zero attached hydrogens (tertiary/aromatic N) is 1. The zero-order valence-electron chi connectivity index (χ0n) is 16.1. The number of aliphatic carboxylic acids is 2. The van der Waals surface area contributed by atoms with E-state index >= 15 is 0 Å². The summed E-state index contributed by atoms with van der Waals surface area (Å²) in [7, 11) is 0. The van der Waals surface area contributed by atoms with Crippen molar-refractivity contribution in [3.63, 3.8) is 0 Å². The molecule has 4 rings (SSSR count). The molecule has 4 aromatic rings. The maximum absolute atomic E-state index is 10.7. The summed E-state index contributed by atoms with van der Waals surface area (Å²) in [4.78, 5) is 25.6. The standard InChI is InChI=1S/C11H11NO2S.C10H10N2O2S/c1-7(11(13)14)12-9-6-15-10-5-3-2-4-8(9)10;11-6(10(13)14)5-9-12-7-3-1-2-4-8(7)15-9/h2-7,12H,1H3,(H,13,14);1-4,6H,5,11H2,(H,13,14). The number of nitrogens with two attached hydrogens (primary N) is 1. The van der Waals surface area contributed by atoms with Crippen LogP contribution in [0, 0.1) is 0 Å². The molecule has 0 aliphatic heterocycles. The van der Waals surface area contributed by atoms with Gasteiger partial charge in [0.1, 0.15) is 12.1 Å². The quantitative estimate of drug-likeness (QED) is 0.354. The lowest BCUT2D eigenvalue weighted by molar-refractivity contribution is -0.139. The topological polar surface area (TPSA) is 126 Å². The number of thiazole rings is 1. The number of hydrogen-bond acceptors (Lipinski definition) is 7. The highest BCUT2D eigenvalue weighted by Gasteiger charge is 2.15. The van der Waals surface area contributed by atoms with Crippen molar-refractivity contribution < 1.29 is 19.8 Å². The van der Waals surface area contributed by atoms with Crippen molar-refractivity contribution in [2.75, 3.05) is 5.32 Å². The Bertz CT molecular complexity index is 1130. The number of nitrogens with one attached hydrogen (secondary N) is 1. The van der Waals surface area contributed by atoms with Gasteiger partial charge in [-0.15, -0.1) is 22.7 Å². The Labute approximate surface area is 180 Å². The highest BCUT2D eigenvalue weighted by molar-refractivity contribution is 7.18. The highest BCUT2D eigenvalue weighted by atomic mass is 32.1. The molecular formula is C21H21N3O4S2. The predicted octanol–water partition coefficient (Wildman–Crippen LogP) is 4.04. The number of aromatic nitrogens is 1. The third-order valence-corrected chi connectivity index (χ3v) is 6.30. The summed E-state index contributed by atoms with van der Waals surface area (Å²) in [5, 5.41) is 24.2. The minimum atomic E-state index is -0.991. The second-order valence-electron chi connectivity index (χ2n) is 6.57. The molecule has 0 saturated heterocycles. The first kappa shape index (κ1) is 21.7. The largest absolute Gasteiger partial charge is 0.480 e. The van der Waals surface area contributed by atoms with Crippen LogP contribution in [0.25, 0.3) is 20.3 Å². The molecule has 5 N–H and O–H groups in total. The number of benzene rings is 2. The SMILES string of the molecule is CC(Nc1csc2ccccc12)C(=O)O.NC(Cc1nc2ccccc2s1)C(=O)O. The van der Waals surface area contributed by atoms with Crippen molar-refractivity contribution >= 4 is 60.6 Å². The van der Waals surface area contributed by atoms with E-state index in [2.05, 4.69) is 10.3 Å². The van der Waals surface area contributed by atoms with Gasteiger partial charge in [0.25, 0.3) is 0 Å². The van der Waals surface area contributed by atoms with Crippen LogP contribution in [0.4, 0.5) is 5.69 Å². The fourth-order valence-electron chi connectivity index (χ4n) is 2.67. The van der Waals surface area contributed by atoms with Crippen LogP contribution in [0.2, 0.25) is 0 Å². The van der Waals surface area contributed by atoms with Gasteiger partial charge in [0.05, 0.1) is 20.9 Å². The van der Waals surface area contributed by atoms with Crippen molar-refractivity contribution in [2.45, 2.75) is 25.4 Å². The van der Waals surface area contributed by atoms with Crippen molar-refractivity contribution in [1.29, 1.82) is 0 Å². The number of carboxylic acids is 2. The first-order valence-electron chi connectivity index (χ1n) is 9.13. The molecule has 2 unspecified atom stereocenters. The average Bonchev–Trinajstić information content (AvgIpc) is 3.32. The molecule has 7 nitrogen and oxygen atoms in total.